The van der Waals surface area contributed by atoms with Gasteiger partial charge < -0.3 is 10.2 Å². The first-order chi connectivity index (χ1) is 7.18. The van der Waals surface area contributed by atoms with Crippen LogP contribution in [0, 0.1) is 0 Å². The van der Waals surface area contributed by atoms with Crippen molar-refractivity contribution in [2.45, 2.75) is 13.0 Å². The molecule has 0 bridgehead atoms. The normalized spacial score (nSPS) is 21.3. The van der Waals surface area contributed by atoms with Crippen LogP contribution in [0.3, 0.4) is 0 Å². The fourth-order valence-electron chi connectivity index (χ4n) is 1.58. The van der Waals surface area contributed by atoms with Gasteiger partial charge in [0.1, 0.15) is 23.3 Å². The Morgan fingerprint density at radius 3 is 3.13 bits per heavy atom. The Kier molecular flexibility index (Phi) is 2.73. The molecule has 0 aliphatic carbocycles. The van der Waals surface area contributed by atoms with E-state index >= 15 is 0 Å². The van der Waals surface area contributed by atoms with E-state index in [2.05, 4.69) is 15.3 Å². The number of piperazine rings is 1. The van der Waals surface area contributed by atoms with Crippen LogP contribution in [0.25, 0.3) is 0 Å². The van der Waals surface area contributed by atoms with Crippen molar-refractivity contribution in [3.8, 4) is 0 Å². The Balaban J connectivity index is 2.26. The Bertz CT molecular complexity index is 384. The largest absolute Gasteiger partial charge is 0.353 e. The number of hydrogen-bond donors (Lipinski definition) is 1. The van der Waals surface area contributed by atoms with Crippen molar-refractivity contribution in [3.05, 3.63) is 17.5 Å². The summed E-state index contributed by atoms with van der Waals surface area (Å²) in [5, 5.41) is 3.18. The Hall–Kier alpha value is -1.36. The maximum Gasteiger partial charge on any atom is 0.242 e. The lowest BCUT2D eigenvalue weighted by atomic mass is 10.2. The van der Waals surface area contributed by atoms with Gasteiger partial charge >= 0.3 is 0 Å². The zero-order valence-electron chi connectivity index (χ0n) is 8.27. The van der Waals surface area contributed by atoms with Crippen molar-refractivity contribution in [2.24, 2.45) is 0 Å². The third kappa shape index (κ3) is 2.02. The van der Waals surface area contributed by atoms with Crippen molar-refractivity contribution in [1.82, 2.24) is 15.3 Å². The Morgan fingerprint density at radius 1 is 1.60 bits per heavy atom. The van der Waals surface area contributed by atoms with Gasteiger partial charge in [-0.2, -0.15) is 0 Å². The van der Waals surface area contributed by atoms with Gasteiger partial charge in [0.2, 0.25) is 5.91 Å². The summed E-state index contributed by atoms with van der Waals surface area (Å²) in [5.41, 5.74) is 0. The molecule has 0 saturated carbocycles. The standard InChI is InChI=1S/C9H11ClN4O/c1-6-9(15)11-2-3-14(6)8-4-7(10)12-5-13-8/h4-6H,2-3H2,1H3,(H,11,15). The highest BCUT2D eigenvalue weighted by atomic mass is 35.5. The lowest BCUT2D eigenvalue weighted by Crippen LogP contribution is -2.54. The summed E-state index contributed by atoms with van der Waals surface area (Å²) in [4.78, 5) is 21.2. The van der Waals surface area contributed by atoms with E-state index in [0.29, 0.717) is 17.5 Å². The lowest BCUT2D eigenvalue weighted by Gasteiger charge is -2.33. The summed E-state index contributed by atoms with van der Waals surface area (Å²) >= 11 is 5.77. The predicted octanol–water partition coefficient (Wildman–Crippen LogP) is 0.455. The topological polar surface area (TPSA) is 58.1 Å². The molecule has 6 heteroatoms. The zero-order chi connectivity index (χ0) is 10.8. The van der Waals surface area contributed by atoms with Crippen molar-refractivity contribution in [3.63, 3.8) is 0 Å². The molecular formula is C9H11ClN4O. The predicted molar refractivity (Wildman–Crippen MR) is 56.9 cm³/mol. The first-order valence-electron chi connectivity index (χ1n) is 4.70. The van der Waals surface area contributed by atoms with Crippen molar-refractivity contribution in [1.29, 1.82) is 0 Å². The van der Waals surface area contributed by atoms with Crippen LogP contribution in [0.5, 0.6) is 0 Å². The maximum absolute atomic E-state index is 11.4. The molecule has 1 amide bonds. The Labute approximate surface area is 92.5 Å². The van der Waals surface area contributed by atoms with E-state index in [9.17, 15) is 4.79 Å². The second-order valence-electron chi connectivity index (χ2n) is 3.36. The third-order valence-corrected chi connectivity index (χ3v) is 2.62. The number of aromatic nitrogens is 2. The summed E-state index contributed by atoms with van der Waals surface area (Å²) in [6.07, 6.45) is 1.40. The van der Waals surface area contributed by atoms with Gasteiger partial charge in [-0.25, -0.2) is 9.97 Å². The fourth-order valence-corrected chi connectivity index (χ4v) is 1.72. The molecule has 1 fully saturated rings. The fraction of sp³-hybridized carbons (Fsp3) is 0.444. The zero-order valence-corrected chi connectivity index (χ0v) is 9.03. The number of nitrogens with zero attached hydrogens (tertiary/aromatic N) is 3. The molecule has 1 aromatic heterocycles. The number of anilines is 1. The summed E-state index contributed by atoms with van der Waals surface area (Å²) in [6.45, 7) is 3.20. The Morgan fingerprint density at radius 2 is 2.40 bits per heavy atom. The lowest BCUT2D eigenvalue weighted by molar-refractivity contribution is -0.122. The van der Waals surface area contributed by atoms with Gasteiger partial charge in [0.15, 0.2) is 0 Å². The van der Waals surface area contributed by atoms with Gasteiger partial charge in [0.25, 0.3) is 0 Å². The second-order valence-corrected chi connectivity index (χ2v) is 3.75. The van der Waals surface area contributed by atoms with Crippen molar-refractivity contribution < 1.29 is 4.79 Å². The van der Waals surface area contributed by atoms with Crippen LogP contribution in [0.4, 0.5) is 5.82 Å². The molecule has 0 aromatic carbocycles. The molecule has 2 rings (SSSR count). The quantitative estimate of drug-likeness (QED) is 0.707. The number of amides is 1. The molecule has 1 unspecified atom stereocenters. The van der Waals surface area contributed by atoms with Crippen LogP contribution in [-0.2, 0) is 4.79 Å². The van der Waals surface area contributed by atoms with E-state index < -0.39 is 0 Å². The van der Waals surface area contributed by atoms with Gasteiger partial charge in [0, 0.05) is 19.2 Å². The molecule has 1 N–H and O–H groups in total. The highest BCUT2D eigenvalue weighted by Crippen LogP contribution is 2.17. The monoisotopic (exact) mass is 226 g/mol. The SMILES string of the molecule is CC1C(=O)NCCN1c1cc(Cl)ncn1. The highest BCUT2D eigenvalue weighted by molar-refractivity contribution is 6.29. The van der Waals surface area contributed by atoms with E-state index in [-0.39, 0.29) is 11.9 Å². The first kappa shape index (κ1) is 10.2. The van der Waals surface area contributed by atoms with Crippen LogP contribution < -0.4 is 10.2 Å². The molecule has 0 radical (unpaired) electrons. The van der Waals surface area contributed by atoms with Crippen molar-refractivity contribution >= 4 is 23.3 Å². The minimum absolute atomic E-state index is 0.0102. The molecule has 1 aromatic rings. The molecule has 80 valence electrons. The molecule has 1 saturated heterocycles. The molecular weight excluding hydrogens is 216 g/mol. The van der Waals surface area contributed by atoms with Gasteiger partial charge in [-0.05, 0) is 6.92 Å². The molecule has 1 aliphatic rings. The van der Waals surface area contributed by atoms with E-state index in [1.807, 2.05) is 11.8 Å². The molecule has 2 heterocycles. The maximum atomic E-state index is 11.4. The summed E-state index contributed by atoms with van der Waals surface area (Å²) in [6, 6.07) is 1.45. The average molecular weight is 227 g/mol. The van der Waals surface area contributed by atoms with Crippen LogP contribution in [0.2, 0.25) is 5.15 Å². The average Bonchev–Trinajstić information content (AvgIpc) is 2.22. The smallest absolute Gasteiger partial charge is 0.242 e. The number of halogens is 1. The van der Waals surface area contributed by atoms with E-state index in [4.69, 9.17) is 11.6 Å². The highest BCUT2D eigenvalue weighted by Gasteiger charge is 2.26. The molecule has 0 spiro atoms. The van der Waals surface area contributed by atoms with Gasteiger partial charge in [0.05, 0.1) is 0 Å². The summed E-state index contributed by atoms with van der Waals surface area (Å²) in [7, 11) is 0. The minimum Gasteiger partial charge on any atom is -0.353 e. The molecule has 1 aliphatic heterocycles. The van der Waals surface area contributed by atoms with Crippen LogP contribution in [0.15, 0.2) is 12.4 Å². The minimum atomic E-state index is -0.218. The van der Waals surface area contributed by atoms with Crippen LogP contribution in [0.1, 0.15) is 6.92 Å². The molecule has 1 atom stereocenters. The molecule has 15 heavy (non-hydrogen) atoms. The first-order valence-corrected chi connectivity index (χ1v) is 5.08. The second kappa shape index (κ2) is 4.02. The van der Waals surface area contributed by atoms with Crippen molar-refractivity contribution in [2.75, 3.05) is 18.0 Å². The summed E-state index contributed by atoms with van der Waals surface area (Å²) in [5.74, 6) is 0.702. The number of hydrogen-bond acceptors (Lipinski definition) is 4. The molecule has 5 nitrogen and oxygen atoms in total. The van der Waals surface area contributed by atoms with Gasteiger partial charge in [-0.15, -0.1) is 0 Å². The summed E-state index contributed by atoms with van der Waals surface area (Å²) < 4.78 is 0. The van der Waals surface area contributed by atoms with E-state index in [1.165, 1.54) is 6.33 Å². The van der Waals surface area contributed by atoms with Gasteiger partial charge in [-0.1, -0.05) is 11.6 Å². The number of nitrogens with one attached hydrogen (secondary N) is 1. The number of carbonyl (C=O) groups excluding carboxylic acids is 1. The van der Waals surface area contributed by atoms with Crippen LogP contribution >= 0.6 is 11.6 Å². The van der Waals surface area contributed by atoms with E-state index in [1.54, 1.807) is 6.07 Å². The number of carbonyl (C=O) groups is 1. The third-order valence-electron chi connectivity index (χ3n) is 2.41. The van der Waals surface area contributed by atoms with Gasteiger partial charge in [-0.3, -0.25) is 4.79 Å². The number of rotatable bonds is 1. The van der Waals surface area contributed by atoms with E-state index in [0.717, 1.165) is 6.54 Å². The van der Waals surface area contributed by atoms with Crippen LogP contribution in [-0.4, -0.2) is 35.0 Å².